The number of fused-ring (bicyclic) bond motifs is 1. The average molecular weight is 422 g/mol. The van der Waals surface area contributed by atoms with Gasteiger partial charge in [0, 0.05) is 35.6 Å². The van der Waals surface area contributed by atoms with Gasteiger partial charge in [-0.2, -0.15) is 0 Å². The van der Waals surface area contributed by atoms with E-state index in [0.717, 1.165) is 39.8 Å². The summed E-state index contributed by atoms with van der Waals surface area (Å²) >= 11 is 1.64. The summed E-state index contributed by atoms with van der Waals surface area (Å²) in [6, 6.07) is 16.1. The summed E-state index contributed by atoms with van der Waals surface area (Å²) in [5.41, 5.74) is 7.36. The van der Waals surface area contributed by atoms with Crippen molar-refractivity contribution in [1.29, 1.82) is 0 Å². The lowest BCUT2D eigenvalue weighted by Crippen LogP contribution is -2.14. The van der Waals surface area contributed by atoms with Crippen molar-refractivity contribution in [3.05, 3.63) is 72.1 Å². The van der Waals surface area contributed by atoms with Gasteiger partial charge in [0.2, 0.25) is 5.91 Å². The highest BCUT2D eigenvalue weighted by molar-refractivity contribution is 7.99. The highest BCUT2D eigenvalue weighted by Crippen LogP contribution is 2.26. The molecule has 4 aromatic rings. The van der Waals surface area contributed by atoms with Gasteiger partial charge in [-0.15, -0.1) is 10.2 Å². The van der Waals surface area contributed by atoms with E-state index in [0.29, 0.717) is 13.0 Å². The Morgan fingerprint density at radius 3 is 2.83 bits per heavy atom. The molecule has 7 nitrogen and oxygen atoms in total. The number of carbonyl (C=O) groups is 1. The molecule has 1 atom stereocenters. The maximum atomic E-state index is 11.2. The molecule has 0 fully saturated rings. The molecule has 3 heterocycles. The van der Waals surface area contributed by atoms with Crippen molar-refractivity contribution in [2.45, 2.75) is 43.1 Å². The smallest absolute Gasteiger partial charge is 0.217 e. The molecular formula is C22H23N5O2S. The van der Waals surface area contributed by atoms with Crippen LogP contribution in [-0.4, -0.2) is 30.9 Å². The van der Waals surface area contributed by atoms with Gasteiger partial charge in [0.15, 0.2) is 5.16 Å². The second-order valence-corrected chi connectivity index (χ2v) is 8.56. The van der Waals surface area contributed by atoms with Gasteiger partial charge in [0.1, 0.15) is 11.6 Å². The lowest BCUT2D eigenvalue weighted by molar-refractivity contribution is -0.118. The molecule has 0 spiro atoms. The molecule has 0 aliphatic rings. The third kappa shape index (κ3) is 4.88. The monoisotopic (exact) mass is 421 g/mol. The van der Waals surface area contributed by atoms with Crippen LogP contribution in [0.3, 0.4) is 0 Å². The molecule has 1 amide bonds. The number of thioether (sulfide) groups is 1. The molecule has 0 radical (unpaired) electrons. The molecule has 0 bridgehead atoms. The molecule has 1 aromatic carbocycles. The highest BCUT2D eigenvalue weighted by atomic mass is 32.2. The summed E-state index contributed by atoms with van der Waals surface area (Å²) in [5.74, 6) is 1.18. The minimum absolute atomic E-state index is 0.234. The van der Waals surface area contributed by atoms with Crippen LogP contribution in [0.25, 0.3) is 10.9 Å². The first-order chi connectivity index (χ1) is 14.6. The Kier molecular flexibility index (Phi) is 6.13. The number of nitrogens with two attached hydrogens (primary N) is 1. The van der Waals surface area contributed by atoms with Crippen LogP contribution in [0.4, 0.5) is 0 Å². The minimum atomic E-state index is -0.354. The van der Waals surface area contributed by atoms with E-state index in [-0.39, 0.29) is 17.6 Å². The zero-order chi connectivity index (χ0) is 20.9. The summed E-state index contributed by atoms with van der Waals surface area (Å²) in [4.78, 5) is 16.0. The van der Waals surface area contributed by atoms with Crippen LogP contribution in [0.1, 0.15) is 30.6 Å². The second-order valence-electron chi connectivity index (χ2n) is 7.16. The molecule has 4 rings (SSSR count). The zero-order valence-corrected chi connectivity index (χ0v) is 17.5. The van der Waals surface area contributed by atoms with Crippen molar-refractivity contribution in [2.24, 2.45) is 5.73 Å². The molecule has 0 aliphatic heterocycles. The number of aromatic nitrogens is 4. The number of hydrogen-bond acceptors (Lipinski definition) is 6. The molecule has 30 heavy (non-hydrogen) atoms. The Labute approximate surface area is 178 Å². The third-order valence-corrected chi connectivity index (χ3v) is 5.82. The van der Waals surface area contributed by atoms with E-state index in [1.807, 2.05) is 34.9 Å². The highest BCUT2D eigenvalue weighted by Gasteiger charge is 2.18. The lowest BCUT2D eigenvalue weighted by atomic mass is 10.1. The van der Waals surface area contributed by atoms with E-state index in [9.17, 15) is 4.79 Å². The lowest BCUT2D eigenvalue weighted by Gasteiger charge is -2.13. The number of para-hydroxylation sites is 1. The molecule has 3 aromatic heterocycles. The van der Waals surface area contributed by atoms with Crippen LogP contribution >= 0.6 is 11.8 Å². The van der Waals surface area contributed by atoms with Gasteiger partial charge in [0.25, 0.3) is 0 Å². The van der Waals surface area contributed by atoms with Gasteiger partial charge in [-0.3, -0.25) is 14.3 Å². The Hall–Kier alpha value is -3.13. The van der Waals surface area contributed by atoms with Crippen LogP contribution in [0, 0.1) is 0 Å². The SMILES string of the molecule is C[C@@H](Cc1ccc2ccccc2n1)Sc1nnc(CCC(N)=O)n1Cc1ccco1. The Morgan fingerprint density at radius 2 is 2.03 bits per heavy atom. The number of carbonyl (C=O) groups excluding carboxylic acids is 1. The molecular weight excluding hydrogens is 398 g/mol. The van der Waals surface area contributed by atoms with Gasteiger partial charge in [0.05, 0.1) is 18.3 Å². The number of aryl methyl sites for hydroxylation is 1. The summed E-state index contributed by atoms with van der Waals surface area (Å²) < 4.78 is 7.49. The summed E-state index contributed by atoms with van der Waals surface area (Å²) in [6.07, 6.45) is 3.13. The largest absolute Gasteiger partial charge is 0.467 e. The number of amides is 1. The Bertz CT molecular complexity index is 1140. The number of benzene rings is 1. The van der Waals surface area contributed by atoms with Crippen molar-refractivity contribution >= 4 is 28.6 Å². The van der Waals surface area contributed by atoms with Gasteiger partial charge in [-0.25, -0.2) is 0 Å². The first kappa shape index (κ1) is 20.2. The molecule has 154 valence electrons. The number of primary amides is 1. The number of furan rings is 1. The first-order valence-corrected chi connectivity index (χ1v) is 10.7. The fourth-order valence-electron chi connectivity index (χ4n) is 3.28. The maximum Gasteiger partial charge on any atom is 0.217 e. The third-order valence-electron chi connectivity index (χ3n) is 4.74. The number of rotatable bonds is 9. The van der Waals surface area contributed by atoms with Crippen LogP contribution in [0.5, 0.6) is 0 Å². The number of hydrogen-bond donors (Lipinski definition) is 1. The van der Waals surface area contributed by atoms with Gasteiger partial charge >= 0.3 is 0 Å². The topological polar surface area (TPSA) is 99.8 Å². The van der Waals surface area contributed by atoms with Crippen molar-refractivity contribution in [3.63, 3.8) is 0 Å². The fourth-order valence-corrected chi connectivity index (χ4v) is 4.28. The fraction of sp³-hybridized carbons (Fsp3) is 0.273. The van der Waals surface area contributed by atoms with Gasteiger partial charge in [-0.05, 0) is 24.3 Å². The zero-order valence-electron chi connectivity index (χ0n) is 16.7. The summed E-state index contributed by atoms with van der Waals surface area (Å²) in [6.45, 7) is 2.66. The van der Waals surface area contributed by atoms with E-state index in [1.54, 1.807) is 18.0 Å². The first-order valence-electron chi connectivity index (χ1n) is 9.82. The average Bonchev–Trinajstić information content (AvgIpc) is 3.37. The van der Waals surface area contributed by atoms with Crippen molar-refractivity contribution in [1.82, 2.24) is 19.7 Å². The van der Waals surface area contributed by atoms with Crippen molar-refractivity contribution in [2.75, 3.05) is 0 Å². The second kappa shape index (κ2) is 9.13. The molecule has 0 unspecified atom stereocenters. The number of nitrogens with zero attached hydrogens (tertiary/aromatic N) is 4. The molecule has 2 N–H and O–H groups in total. The van der Waals surface area contributed by atoms with Crippen LogP contribution in [-0.2, 0) is 24.2 Å². The van der Waals surface area contributed by atoms with Gasteiger partial charge in [-0.1, -0.05) is 43.0 Å². The predicted octanol–water partition coefficient (Wildman–Crippen LogP) is 3.61. The van der Waals surface area contributed by atoms with E-state index < -0.39 is 0 Å². The van der Waals surface area contributed by atoms with Crippen molar-refractivity contribution in [3.8, 4) is 0 Å². The molecule has 0 saturated heterocycles. The van der Waals surface area contributed by atoms with Crippen LogP contribution in [0.2, 0.25) is 0 Å². The Morgan fingerprint density at radius 1 is 1.17 bits per heavy atom. The molecule has 0 aliphatic carbocycles. The van der Waals surface area contributed by atoms with Crippen LogP contribution < -0.4 is 5.73 Å². The summed E-state index contributed by atoms with van der Waals surface area (Å²) in [7, 11) is 0. The molecule has 8 heteroatoms. The standard InChI is InChI=1S/C22H23N5O2S/c1-15(13-17-9-8-16-5-2-3-7-19(16)24-17)30-22-26-25-21(11-10-20(23)28)27(22)14-18-6-4-12-29-18/h2-9,12,15H,10-11,13-14H2,1H3,(H2,23,28)/t15-/m0/s1. The minimum Gasteiger partial charge on any atom is -0.467 e. The van der Waals surface area contributed by atoms with E-state index >= 15 is 0 Å². The van der Waals surface area contributed by atoms with E-state index in [1.165, 1.54) is 0 Å². The normalized spacial score (nSPS) is 12.3. The quantitative estimate of drug-likeness (QED) is 0.415. The van der Waals surface area contributed by atoms with Gasteiger partial charge < -0.3 is 10.2 Å². The number of pyridine rings is 1. The van der Waals surface area contributed by atoms with Crippen molar-refractivity contribution < 1.29 is 9.21 Å². The van der Waals surface area contributed by atoms with E-state index in [2.05, 4.69) is 35.3 Å². The van der Waals surface area contributed by atoms with Crippen LogP contribution in [0.15, 0.2) is 64.4 Å². The maximum absolute atomic E-state index is 11.2. The van der Waals surface area contributed by atoms with E-state index in [4.69, 9.17) is 15.1 Å². The summed E-state index contributed by atoms with van der Waals surface area (Å²) in [5, 5.41) is 10.8. The Balaban J connectivity index is 1.50. The molecule has 0 saturated carbocycles. The predicted molar refractivity (Wildman–Crippen MR) is 116 cm³/mol.